The molecule has 3 aliphatic rings. The van der Waals surface area contributed by atoms with E-state index in [1.165, 1.54) is 6.08 Å². The molecule has 2 unspecified atom stereocenters. The summed E-state index contributed by atoms with van der Waals surface area (Å²) in [5.74, 6) is 0.203. The summed E-state index contributed by atoms with van der Waals surface area (Å²) in [4.78, 5) is 35.4. The Morgan fingerprint density at radius 2 is 2.19 bits per heavy atom. The predicted octanol–water partition coefficient (Wildman–Crippen LogP) is 0.422. The van der Waals surface area contributed by atoms with Crippen molar-refractivity contribution in [1.82, 2.24) is 4.57 Å². The molecule has 0 radical (unpaired) electrons. The largest absolute Gasteiger partial charge is 0.445 e. The van der Waals surface area contributed by atoms with Crippen molar-refractivity contribution in [3.05, 3.63) is 34.3 Å². The van der Waals surface area contributed by atoms with Crippen molar-refractivity contribution in [3.63, 3.8) is 0 Å². The second-order valence-corrected chi connectivity index (χ2v) is 5.70. The predicted molar refractivity (Wildman–Crippen MR) is 70.6 cm³/mol. The van der Waals surface area contributed by atoms with Crippen LogP contribution in [0.3, 0.4) is 0 Å². The van der Waals surface area contributed by atoms with Gasteiger partial charge in [-0.1, -0.05) is 0 Å². The number of amides is 1. The van der Waals surface area contributed by atoms with Gasteiger partial charge in [-0.15, -0.1) is 0 Å². The third-order valence-electron chi connectivity index (χ3n) is 4.47. The maximum Gasteiger partial charge on any atom is 0.404 e. The summed E-state index contributed by atoms with van der Waals surface area (Å²) in [7, 11) is 0. The zero-order chi connectivity index (χ0) is 14.9. The fraction of sp³-hybridized carbons (Fsp3) is 0.357. The summed E-state index contributed by atoms with van der Waals surface area (Å²) in [5.41, 5.74) is 12.7. The summed E-state index contributed by atoms with van der Waals surface area (Å²) in [5, 5.41) is 0. The van der Waals surface area contributed by atoms with E-state index in [1.54, 1.807) is 0 Å². The van der Waals surface area contributed by atoms with Gasteiger partial charge in [-0.25, -0.2) is 4.79 Å². The number of ether oxygens (including phenoxy) is 1. The van der Waals surface area contributed by atoms with Crippen LogP contribution in [-0.2, 0) is 17.9 Å². The van der Waals surface area contributed by atoms with Crippen molar-refractivity contribution in [2.75, 3.05) is 0 Å². The highest BCUT2D eigenvalue weighted by atomic mass is 16.5. The molecule has 21 heavy (non-hydrogen) atoms. The summed E-state index contributed by atoms with van der Waals surface area (Å²) in [6.07, 6.45) is 1.30. The smallest absolute Gasteiger partial charge is 0.404 e. The molecule has 1 aliphatic heterocycles. The van der Waals surface area contributed by atoms with Gasteiger partial charge in [-0.05, 0) is 12.3 Å². The normalized spacial score (nSPS) is 25.0. The topological polar surface area (TPSA) is 117 Å². The highest BCUT2D eigenvalue weighted by molar-refractivity contribution is 6.24. The van der Waals surface area contributed by atoms with Gasteiger partial charge in [0, 0.05) is 29.8 Å². The average molecular weight is 287 g/mol. The quantitative estimate of drug-likeness (QED) is 0.817. The maximum atomic E-state index is 12.3. The van der Waals surface area contributed by atoms with E-state index in [4.69, 9.17) is 16.2 Å². The Kier molecular flexibility index (Phi) is 2.18. The third-order valence-corrected chi connectivity index (χ3v) is 4.47. The first kappa shape index (κ1) is 12.2. The number of rotatable bonds is 2. The summed E-state index contributed by atoms with van der Waals surface area (Å²) in [6, 6.07) is 0. The van der Waals surface area contributed by atoms with E-state index < -0.39 is 6.09 Å². The minimum Gasteiger partial charge on any atom is -0.445 e. The van der Waals surface area contributed by atoms with E-state index in [-0.39, 0.29) is 29.4 Å². The molecule has 4 rings (SSSR count). The first-order valence-corrected chi connectivity index (χ1v) is 6.72. The Hall–Kier alpha value is -2.57. The molecule has 4 N–H and O–H groups in total. The molecule has 2 aliphatic carbocycles. The standard InChI is InChI=1S/C14H13N3O4/c15-8-2-9(18)12-10(13(8)19)7(4-21-14(16)20)11-6-1-5(6)3-17(11)12/h2,5-6H,1,3-4,15H2,(H2,16,20). The van der Waals surface area contributed by atoms with Crippen molar-refractivity contribution in [3.8, 4) is 0 Å². The van der Waals surface area contributed by atoms with Crippen molar-refractivity contribution >= 4 is 17.7 Å². The summed E-state index contributed by atoms with van der Waals surface area (Å²) < 4.78 is 6.75. The number of allylic oxidation sites excluding steroid dienone is 2. The number of hydrogen-bond donors (Lipinski definition) is 2. The first-order chi connectivity index (χ1) is 9.99. The molecule has 0 spiro atoms. The van der Waals surface area contributed by atoms with E-state index in [2.05, 4.69) is 0 Å². The Bertz CT molecular complexity index is 759. The molecule has 7 heteroatoms. The lowest BCUT2D eigenvalue weighted by atomic mass is 9.94. The SMILES string of the molecule is NC(=O)OCc1c2c(n3c1C1CC1C3)C(=O)C=C(N)C2=O. The Balaban J connectivity index is 1.90. The van der Waals surface area contributed by atoms with Crippen LogP contribution in [0.5, 0.6) is 0 Å². The number of hydrogen-bond acceptors (Lipinski definition) is 5. The van der Waals surface area contributed by atoms with Crippen LogP contribution in [0.25, 0.3) is 0 Å². The zero-order valence-electron chi connectivity index (χ0n) is 11.1. The first-order valence-electron chi connectivity index (χ1n) is 6.72. The molecule has 0 bridgehead atoms. The van der Waals surface area contributed by atoms with Crippen molar-refractivity contribution in [2.45, 2.75) is 25.5 Å². The number of ketones is 2. The highest BCUT2D eigenvalue weighted by Gasteiger charge is 2.51. The molecule has 1 fully saturated rings. The van der Waals surface area contributed by atoms with Crippen LogP contribution >= 0.6 is 0 Å². The molecule has 0 saturated heterocycles. The number of aromatic nitrogens is 1. The minimum atomic E-state index is -0.910. The molecule has 7 nitrogen and oxygen atoms in total. The number of nitrogens with zero attached hydrogens (tertiary/aromatic N) is 1. The van der Waals surface area contributed by atoms with Crippen LogP contribution < -0.4 is 11.5 Å². The molecular formula is C14H13N3O4. The molecule has 1 saturated carbocycles. The highest BCUT2D eigenvalue weighted by Crippen LogP contribution is 2.56. The average Bonchev–Trinajstić information content (AvgIpc) is 2.95. The fourth-order valence-corrected chi connectivity index (χ4v) is 3.53. The number of primary amides is 1. The Labute approximate surface area is 119 Å². The van der Waals surface area contributed by atoms with Crippen LogP contribution in [0.4, 0.5) is 4.79 Å². The van der Waals surface area contributed by atoms with E-state index in [9.17, 15) is 14.4 Å². The lowest BCUT2D eigenvalue weighted by Crippen LogP contribution is -2.24. The van der Waals surface area contributed by atoms with Gasteiger partial charge in [-0.2, -0.15) is 0 Å². The number of Topliss-reactive ketones (excluding diaryl/α,β-unsaturated/α-hetero) is 1. The third kappa shape index (κ3) is 1.51. The van der Waals surface area contributed by atoms with E-state index >= 15 is 0 Å². The van der Waals surface area contributed by atoms with Gasteiger partial charge < -0.3 is 20.8 Å². The van der Waals surface area contributed by atoms with Crippen LogP contribution in [0.1, 0.15) is 44.4 Å². The lowest BCUT2D eigenvalue weighted by Gasteiger charge is -2.12. The van der Waals surface area contributed by atoms with Gasteiger partial charge in [0.05, 0.1) is 11.3 Å². The second-order valence-electron chi connectivity index (χ2n) is 5.70. The van der Waals surface area contributed by atoms with Crippen LogP contribution in [-0.4, -0.2) is 22.2 Å². The van der Waals surface area contributed by atoms with E-state index in [0.717, 1.165) is 18.7 Å². The van der Waals surface area contributed by atoms with E-state index in [0.29, 0.717) is 23.1 Å². The van der Waals surface area contributed by atoms with Crippen LogP contribution in [0, 0.1) is 5.92 Å². The lowest BCUT2D eigenvalue weighted by molar-refractivity contribution is 0.0975. The molecule has 1 amide bonds. The Morgan fingerprint density at radius 1 is 1.43 bits per heavy atom. The maximum absolute atomic E-state index is 12.3. The van der Waals surface area contributed by atoms with Gasteiger partial charge in [0.15, 0.2) is 0 Å². The van der Waals surface area contributed by atoms with Gasteiger partial charge in [0.25, 0.3) is 0 Å². The van der Waals surface area contributed by atoms with Crippen molar-refractivity contribution in [2.24, 2.45) is 17.4 Å². The number of carbonyl (C=O) groups excluding carboxylic acids is 3. The number of carbonyl (C=O) groups is 3. The fourth-order valence-electron chi connectivity index (χ4n) is 3.53. The Morgan fingerprint density at radius 3 is 2.90 bits per heavy atom. The summed E-state index contributed by atoms with van der Waals surface area (Å²) >= 11 is 0. The summed E-state index contributed by atoms with van der Waals surface area (Å²) in [6.45, 7) is 0.626. The molecule has 0 aromatic carbocycles. The molecule has 1 aromatic heterocycles. The molecule has 2 atom stereocenters. The molecule has 2 heterocycles. The van der Waals surface area contributed by atoms with Crippen molar-refractivity contribution in [1.29, 1.82) is 0 Å². The molecule has 108 valence electrons. The number of nitrogens with two attached hydrogens (primary N) is 2. The molecular weight excluding hydrogens is 274 g/mol. The van der Waals surface area contributed by atoms with Crippen LogP contribution in [0.2, 0.25) is 0 Å². The van der Waals surface area contributed by atoms with Gasteiger partial charge in [0.1, 0.15) is 12.3 Å². The van der Waals surface area contributed by atoms with Crippen molar-refractivity contribution < 1.29 is 19.1 Å². The number of fused-ring (bicyclic) bond motifs is 5. The van der Waals surface area contributed by atoms with E-state index in [1.807, 2.05) is 4.57 Å². The van der Waals surface area contributed by atoms with Gasteiger partial charge in [-0.3, -0.25) is 9.59 Å². The van der Waals surface area contributed by atoms with Crippen LogP contribution in [0.15, 0.2) is 11.8 Å². The second kappa shape index (κ2) is 3.75. The minimum absolute atomic E-state index is 0.0792. The monoisotopic (exact) mass is 287 g/mol. The molecule has 1 aromatic rings. The van der Waals surface area contributed by atoms with Gasteiger partial charge >= 0.3 is 6.09 Å². The van der Waals surface area contributed by atoms with Gasteiger partial charge in [0.2, 0.25) is 11.6 Å². The zero-order valence-corrected chi connectivity index (χ0v) is 11.1.